The summed E-state index contributed by atoms with van der Waals surface area (Å²) < 4.78 is 0. The molecule has 0 saturated heterocycles. The first-order chi connectivity index (χ1) is 6.31. The Morgan fingerprint density at radius 1 is 1.46 bits per heavy atom. The molecule has 1 unspecified atom stereocenters. The van der Waals surface area contributed by atoms with Crippen LogP contribution in [0.5, 0.6) is 0 Å². The molecule has 0 fully saturated rings. The predicted molar refractivity (Wildman–Crippen MR) is 57.8 cm³/mol. The molecule has 0 radical (unpaired) electrons. The fourth-order valence-corrected chi connectivity index (χ4v) is 1.36. The second-order valence-electron chi connectivity index (χ2n) is 2.92. The number of nitrogens with zero attached hydrogens (tertiary/aromatic N) is 2. The minimum atomic E-state index is 0.286. The standard InChI is InChI=1S/C11H16N2/c1-4-7-10-9-13(6-3)11(12-10)8-5-2/h4-8,10H,3,9H2,1-2H3/b7-4-,8-5+. The van der Waals surface area contributed by atoms with Crippen molar-refractivity contribution in [3.63, 3.8) is 0 Å². The molecular formula is C11H16N2. The van der Waals surface area contributed by atoms with E-state index in [0.29, 0.717) is 0 Å². The average molecular weight is 176 g/mol. The van der Waals surface area contributed by atoms with E-state index in [1.54, 1.807) is 0 Å². The van der Waals surface area contributed by atoms with E-state index < -0.39 is 0 Å². The van der Waals surface area contributed by atoms with E-state index in [-0.39, 0.29) is 6.04 Å². The number of aliphatic imine (C=N–C) groups is 1. The van der Waals surface area contributed by atoms with Crippen molar-refractivity contribution in [1.82, 2.24) is 4.90 Å². The molecule has 0 N–H and O–H groups in total. The van der Waals surface area contributed by atoms with Gasteiger partial charge in [-0.05, 0) is 26.1 Å². The minimum Gasteiger partial charge on any atom is -0.331 e. The van der Waals surface area contributed by atoms with Gasteiger partial charge in [-0.15, -0.1) is 0 Å². The normalized spacial score (nSPS) is 23.1. The van der Waals surface area contributed by atoms with Crippen LogP contribution in [0.25, 0.3) is 0 Å². The van der Waals surface area contributed by atoms with E-state index in [0.717, 1.165) is 12.4 Å². The minimum absolute atomic E-state index is 0.286. The predicted octanol–water partition coefficient (Wildman–Crippen LogP) is 2.36. The number of rotatable bonds is 3. The maximum absolute atomic E-state index is 4.52. The van der Waals surface area contributed by atoms with Crippen molar-refractivity contribution < 1.29 is 0 Å². The maximum atomic E-state index is 4.52. The molecule has 0 amide bonds. The molecule has 1 aliphatic heterocycles. The van der Waals surface area contributed by atoms with Crippen LogP contribution in [0.1, 0.15) is 13.8 Å². The highest BCUT2D eigenvalue weighted by Crippen LogP contribution is 2.11. The van der Waals surface area contributed by atoms with E-state index in [4.69, 9.17) is 0 Å². The van der Waals surface area contributed by atoms with Gasteiger partial charge < -0.3 is 4.90 Å². The van der Waals surface area contributed by atoms with Crippen LogP contribution in [0.15, 0.2) is 42.1 Å². The lowest BCUT2D eigenvalue weighted by molar-refractivity contribution is 0.581. The first-order valence-electron chi connectivity index (χ1n) is 4.54. The Labute approximate surface area is 80.0 Å². The monoisotopic (exact) mass is 176 g/mol. The Morgan fingerprint density at radius 3 is 2.77 bits per heavy atom. The Kier molecular flexibility index (Phi) is 3.50. The fraction of sp³-hybridized carbons (Fsp3) is 0.364. The Hall–Kier alpha value is -1.31. The van der Waals surface area contributed by atoms with E-state index in [2.05, 4.69) is 22.5 Å². The molecule has 1 rings (SSSR count). The zero-order valence-corrected chi connectivity index (χ0v) is 8.27. The lowest BCUT2D eigenvalue weighted by Gasteiger charge is -2.11. The SMILES string of the molecule is C=CN1CC(/C=C\C)N=C1/C=C/C. The summed E-state index contributed by atoms with van der Waals surface area (Å²) in [5, 5.41) is 0. The van der Waals surface area contributed by atoms with Crippen LogP contribution < -0.4 is 0 Å². The summed E-state index contributed by atoms with van der Waals surface area (Å²) in [6, 6.07) is 0.286. The van der Waals surface area contributed by atoms with Gasteiger partial charge in [0.15, 0.2) is 0 Å². The van der Waals surface area contributed by atoms with Gasteiger partial charge in [0.1, 0.15) is 5.84 Å². The van der Waals surface area contributed by atoms with Gasteiger partial charge in [0, 0.05) is 0 Å². The van der Waals surface area contributed by atoms with Gasteiger partial charge in [-0.25, -0.2) is 0 Å². The third kappa shape index (κ3) is 2.31. The lowest BCUT2D eigenvalue weighted by atomic mass is 10.3. The topological polar surface area (TPSA) is 15.6 Å². The highest BCUT2D eigenvalue weighted by molar-refractivity contribution is 5.95. The van der Waals surface area contributed by atoms with Gasteiger partial charge in [-0.2, -0.15) is 0 Å². The molecule has 0 aliphatic carbocycles. The second kappa shape index (κ2) is 4.65. The van der Waals surface area contributed by atoms with Crippen LogP contribution in [0.3, 0.4) is 0 Å². The summed E-state index contributed by atoms with van der Waals surface area (Å²) in [7, 11) is 0. The smallest absolute Gasteiger partial charge is 0.127 e. The molecule has 0 aromatic carbocycles. The number of allylic oxidation sites excluding steroid dienone is 2. The van der Waals surface area contributed by atoms with Crippen molar-refractivity contribution in [2.45, 2.75) is 19.9 Å². The zero-order chi connectivity index (χ0) is 9.68. The van der Waals surface area contributed by atoms with Crippen LogP contribution in [-0.2, 0) is 0 Å². The van der Waals surface area contributed by atoms with Crippen LogP contribution in [0.4, 0.5) is 0 Å². The summed E-state index contributed by atoms with van der Waals surface area (Å²) in [5.41, 5.74) is 0. The van der Waals surface area contributed by atoms with Crippen LogP contribution in [0.2, 0.25) is 0 Å². The number of hydrogen-bond acceptors (Lipinski definition) is 2. The summed E-state index contributed by atoms with van der Waals surface area (Å²) in [4.78, 5) is 6.58. The Morgan fingerprint density at radius 2 is 2.23 bits per heavy atom. The van der Waals surface area contributed by atoms with Gasteiger partial charge in [0.2, 0.25) is 0 Å². The van der Waals surface area contributed by atoms with Gasteiger partial charge in [-0.1, -0.05) is 24.8 Å². The van der Waals surface area contributed by atoms with Crippen molar-refractivity contribution >= 4 is 5.84 Å². The second-order valence-corrected chi connectivity index (χ2v) is 2.92. The van der Waals surface area contributed by atoms with E-state index in [1.807, 2.05) is 38.3 Å². The van der Waals surface area contributed by atoms with E-state index in [1.165, 1.54) is 0 Å². The van der Waals surface area contributed by atoms with E-state index in [9.17, 15) is 0 Å². The summed E-state index contributed by atoms with van der Waals surface area (Å²) in [5.74, 6) is 1.00. The van der Waals surface area contributed by atoms with Gasteiger partial charge in [0.25, 0.3) is 0 Å². The molecule has 1 atom stereocenters. The number of hydrogen-bond donors (Lipinski definition) is 0. The lowest BCUT2D eigenvalue weighted by Crippen LogP contribution is -2.21. The van der Waals surface area contributed by atoms with Crippen LogP contribution >= 0.6 is 0 Å². The van der Waals surface area contributed by atoms with Crippen molar-refractivity contribution in [2.24, 2.45) is 4.99 Å². The summed E-state index contributed by atoms with van der Waals surface area (Å²) >= 11 is 0. The van der Waals surface area contributed by atoms with Crippen molar-refractivity contribution in [3.05, 3.63) is 37.1 Å². The molecule has 2 heteroatoms. The molecule has 13 heavy (non-hydrogen) atoms. The zero-order valence-electron chi connectivity index (χ0n) is 8.27. The van der Waals surface area contributed by atoms with Crippen LogP contribution in [0, 0.1) is 0 Å². The molecule has 1 heterocycles. The first kappa shape index (κ1) is 9.78. The summed E-state index contributed by atoms with van der Waals surface area (Å²) in [6.45, 7) is 8.68. The van der Waals surface area contributed by atoms with Gasteiger partial charge >= 0.3 is 0 Å². The largest absolute Gasteiger partial charge is 0.331 e. The average Bonchev–Trinajstić information content (AvgIpc) is 2.49. The molecule has 1 aliphatic rings. The molecule has 0 saturated carbocycles. The van der Waals surface area contributed by atoms with Crippen molar-refractivity contribution in [2.75, 3.05) is 6.54 Å². The quantitative estimate of drug-likeness (QED) is 0.603. The van der Waals surface area contributed by atoms with E-state index >= 15 is 0 Å². The molecule has 0 spiro atoms. The number of amidine groups is 1. The Balaban J connectivity index is 2.76. The summed E-state index contributed by atoms with van der Waals surface area (Å²) in [6.07, 6.45) is 9.96. The van der Waals surface area contributed by atoms with Crippen LogP contribution in [-0.4, -0.2) is 23.3 Å². The van der Waals surface area contributed by atoms with Gasteiger partial charge in [0.05, 0.1) is 12.6 Å². The molecule has 2 nitrogen and oxygen atoms in total. The first-order valence-corrected chi connectivity index (χ1v) is 4.54. The third-order valence-electron chi connectivity index (χ3n) is 1.93. The molecule has 0 aromatic heterocycles. The van der Waals surface area contributed by atoms with Gasteiger partial charge in [-0.3, -0.25) is 4.99 Å². The Bertz CT molecular complexity index is 261. The fourth-order valence-electron chi connectivity index (χ4n) is 1.36. The van der Waals surface area contributed by atoms with Crippen molar-refractivity contribution in [3.8, 4) is 0 Å². The van der Waals surface area contributed by atoms with Crippen molar-refractivity contribution in [1.29, 1.82) is 0 Å². The molecule has 0 bridgehead atoms. The molecular weight excluding hydrogens is 160 g/mol. The molecule has 70 valence electrons. The highest BCUT2D eigenvalue weighted by atomic mass is 15.2. The molecule has 0 aromatic rings. The third-order valence-corrected chi connectivity index (χ3v) is 1.93. The highest BCUT2D eigenvalue weighted by Gasteiger charge is 2.18. The maximum Gasteiger partial charge on any atom is 0.127 e.